The first-order valence-corrected chi connectivity index (χ1v) is 10.3. The molecule has 150 valence electrons. The number of aliphatic imine (C=N–C) groups is 1. The van der Waals surface area contributed by atoms with Crippen molar-refractivity contribution >= 4 is 62.8 Å². The lowest BCUT2D eigenvalue weighted by atomic mass is 10.3. The van der Waals surface area contributed by atoms with E-state index in [1.54, 1.807) is 30.1 Å². The average molecular weight is 451 g/mol. The van der Waals surface area contributed by atoms with Crippen LogP contribution in [0.1, 0.15) is 6.92 Å². The van der Waals surface area contributed by atoms with Gasteiger partial charge in [0.15, 0.2) is 10.8 Å². The number of aromatic nitrogens is 4. The number of carbonyl (C=O) groups is 1. The van der Waals surface area contributed by atoms with Gasteiger partial charge in [-0.3, -0.25) is 23.7 Å². The Hall–Kier alpha value is -2.36. The molecule has 0 radical (unpaired) electrons. The van der Waals surface area contributed by atoms with Gasteiger partial charge in [0.2, 0.25) is 5.91 Å². The topological polar surface area (TPSA) is 85.4 Å². The Morgan fingerprint density at radius 1 is 1.34 bits per heavy atom. The van der Waals surface area contributed by atoms with Gasteiger partial charge >= 0.3 is 0 Å². The summed E-state index contributed by atoms with van der Waals surface area (Å²) in [5, 5.41) is 5.98. The second-order valence-corrected chi connectivity index (χ2v) is 8.83. The molecular weight excluding hydrogens is 435 g/mol. The summed E-state index contributed by atoms with van der Waals surface area (Å²) >= 11 is 13.5. The highest BCUT2D eigenvalue weighted by Gasteiger charge is 2.31. The summed E-state index contributed by atoms with van der Waals surface area (Å²) in [5.74, 6) is -0.243. The molecule has 2 aromatic heterocycles. The fourth-order valence-corrected chi connectivity index (χ4v) is 4.32. The number of thioether (sulfide) groups is 1. The van der Waals surface area contributed by atoms with Gasteiger partial charge in [-0.05, 0) is 18.2 Å². The van der Waals surface area contributed by atoms with Crippen molar-refractivity contribution in [3.8, 4) is 0 Å². The zero-order valence-electron chi connectivity index (χ0n) is 15.5. The van der Waals surface area contributed by atoms with Crippen LogP contribution in [-0.4, -0.2) is 47.1 Å². The SMILES string of the molecule is CC1CN(C(=O)Cn2cnc3c(cnn3C)c2=O)C(=Nc2ccc(Cl)c(Cl)c2)S1. The number of benzene rings is 1. The number of aryl methyl sites for hydroxylation is 1. The number of hydrogen-bond donors (Lipinski definition) is 0. The minimum Gasteiger partial charge on any atom is -0.289 e. The van der Waals surface area contributed by atoms with Gasteiger partial charge in [0, 0.05) is 18.8 Å². The lowest BCUT2D eigenvalue weighted by Gasteiger charge is -2.16. The summed E-state index contributed by atoms with van der Waals surface area (Å²) in [6, 6.07) is 5.04. The quantitative estimate of drug-likeness (QED) is 0.611. The maximum absolute atomic E-state index is 13.0. The maximum atomic E-state index is 13.0. The second-order valence-electron chi connectivity index (χ2n) is 6.61. The van der Waals surface area contributed by atoms with Crippen molar-refractivity contribution < 1.29 is 4.79 Å². The van der Waals surface area contributed by atoms with Crippen molar-refractivity contribution in [2.24, 2.45) is 12.0 Å². The average Bonchev–Trinajstić information content (AvgIpc) is 3.23. The Bertz CT molecular complexity index is 1200. The minimum atomic E-state index is -0.306. The fourth-order valence-electron chi connectivity index (χ4n) is 2.99. The van der Waals surface area contributed by atoms with Gasteiger partial charge in [-0.15, -0.1) is 0 Å². The monoisotopic (exact) mass is 450 g/mol. The zero-order valence-corrected chi connectivity index (χ0v) is 17.9. The lowest BCUT2D eigenvalue weighted by molar-refractivity contribution is -0.127. The van der Waals surface area contributed by atoms with E-state index in [1.165, 1.54) is 33.5 Å². The van der Waals surface area contributed by atoms with Crippen LogP contribution in [0, 0.1) is 0 Å². The Labute approximate surface area is 180 Å². The smallest absolute Gasteiger partial charge is 0.264 e. The summed E-state index contributed by atoms with van der Waals surface area (Å²) in [5.41, 5.74) is 0.773. The van der Waals surface area contributed by atoms with E-state index in [0.29, 0.717) is 38.5 Å². The molecule has 29 heavy (non-hydrogen) atoms. The molecular formula is C18H16Cl2N6O2S. The van der Waals surface area contributed by atoms with Crippen LogP contribution in [0.4, 0.5) is 5.69 Å². The van der Waals surface area contributed by atoms with Gasteiger partial charge in [0.05, 0.1) is 21.9 Å². The fraction of sp³-hybridized carbons (Fsp3) is 0.278. The molecule has 3 aromatic rings. The molecule has 1 fully saturated rings. The minimum absolute atomic E-state index is 0.135. The van der Waals surface area contributed by atoms with E-state index < -0.39 is 0 Å². The van der Waals surface area contributed by atoms with Crippen molar-refractivity contribution in [2.75, 3.05) is 6.54 Å². The summed E-state index contributed by atoms with van der Waals surface area (Å²) in [4.78, 5) is 36.0. The highest BCUT2D eigenvalue weighted by Crippen LogP contribution is 2.31. The van der Waals surface area contributed by atoms with Crippen LogP contribution >= 0.6 is 35.0 Å². The van der Waals surface area contributed by atoms with E-state index in [0.717, 1.165) is 0 Å². The molecule has 0 saturated carbocycles. The summed E-state index contributed by atoms with van der Waals surface area (Å²) < 4.78 is 2.81. The van der Waals surface area contributed by atoms with E-state index in [9.17, 15) is 9.59 Å². The van der Waals surface area contributed by atoms with Crippen molar-refractivity contribution in [1.29, 1.82) is 0 Å². The number of carbonyl (C=O) groups excluding carboxylic acids is 1. The van der Waals surface area contributed by atoms with Crippen LogP contribution in [0.2, 0.25) is 10.0 Å². The first-order chi connectivity index (χ1) is 13.8. The Balaban J connectivity index is 1.61. The number of amides is 1. The number of nitrogens with zero attached hydrogens (tertiary/aromatic N) is 6. The van der Waals surface area contributed by atoms with Gasteiger partial charge in [0.25, 0.3) is 5.56 Å². The Kier molecular flexibility index (Phi) is 5.37. The van der Waals surface area contributed by atoms with Crippen LogP contribution in [0.5, 0.6) is 0 Å². The van der Waals surface area contributed by atoms with E-state index in [4.69, 9.17) is 23.2 Å². The molecule has 11 heteroatoms. The second kappa shape index (κ2) is 7.81. The van der Waals surface area contributed by atoms with Crippen LogP contribution < -0.4 is 5.56 Å². The maximum Gasteiger partial charge on any atom is 0.264 e. The number of amidine groups is 1. The normalized spacial score (nSPS) is 18.1. The molecule has 1 aromatic carbocycles. The molecule has 8 nitrogen and oxygen atoms in total. The van der Waals surface area contributed by atoms with Gasteiger partial charge < -0.3 is 0 Å². The van der Waals surface area contributed by atoms with Crippen molar-refractivity contribution in [1.82, 2.24) is 24.2 Å². The third kappa shape index (κ3) is 3.90. The Morgan fingerprint density at radius 2 is 2.14 bits per heavy atom. The molecule has 1 unspecified atom stereocenters. The highest BCUT2D eigenvalue weighted by atomic mass is 35.5. The van der Waals surface area contributed by atoms with Crippen molar-refractivity contribution in [2.45, 2.75) is 18.7 Å². The van der Waals surface area contributed by atoms with Gasteiger partial charge in [0.1, 0.15) is 18.3 Å². The first kappa shape index (κ1) is 19.9. The molecule has 0 bridgehead atoms. The molecule has 1 aliphatic rings. The summed E-state index contributed by atoms with van der Waals surface area (Å²) in [7, 11) is 1.71. The summed E-state index contributed by atoms with van der Waals surface area (Å²) in [6.07, 6.45) is 2.82. The molecule has 1 saturated heterocycles. The van der Waals surface area contributed by atoms with Crippen LogP contribution in [0.15, 0.2) is 40.5 Å². The number of fused-ring (bicyclic) bond motifs is 1. The highest BCUT2D eigenvalue weighted by molar-refractivity contribution is 8.14. The molecule has 4 rings (SSSR count). The molecule has 0 aliphatic carbocycles. The van der Waals surface area contributed by atoms with Crippen LogP contribution in [0.25, 0.3) is 11.0 Å². The largest absolute Gasteiger partial charge is 0.289 e. The summed E-state index contributed by atoms with van der Waals surface area (Å²) in [6.45, 7) is 2.38. The first-order valence-electron chi connectivity index (χ1n) is 8.71. The van der Waals surface area contributed by atoms with Gasteiger partial charge in [-0.2, -0.15) is 5.10 Å². The molecule has 0 N–H and O–H groups in total. The van der Waals surface area contributed by atoms with Crippen LogP contribution in [-0.2, 0) is 18.4 Å². The zero-order chi connectivity index (χ0) is 20.7. The number of halogens is 2. The lowest BCUT2D eigenvalue weighted by Crippen LogP contribution is -2.37. The van der Waals surface area contributed by atoms with Gasteiger partial charge in [-0.1, -0.05) is 41.9 Å². The van der Waals surface area contributed by atoms with E-state index >= 15 is 0 Å². The van der Waals surface area contributed by atoms with E-state index in [1.807, 2.05) is 6.92 Å². The molecule has 0 spiro atoms. The van der Waals surface area contributed by atoms with E-state index in [2.05, 4.69) is 15.1 Å². The van der Waals surface area contributed by atoms with Crippen LogP contribution in [0.3, 0.4) is 0 Å². The van der Waals surface area contributed by atoms with Crippen molar-refractivity contribution in [3.63, 3.8) is 0 Å². The van der Waals surface area contributed by atoms with E-state index in [-0.39, 0.29) is 23.3 Å². The third-order valence-electron chi connectivity index (χ3n) is 4.43. The molecule has 1 atom stereocenters. The number of hydrogen-bond acceptors (Lipinski definition) is 6. The third-order valence-corrected chi connectivity index (χ3v) is 6.24. The predicted molar refractivity (Wildman–Crippen MR) is 115 cm³/mol. The van der Waals surface area contributed by atoms with Crippen molar-refractivity contribution in [3.05, 3.63) is 51.1 Å². The van der Waals surface area contributed by atoms with Gasteiger partial charge in [-0.25, -0.2) is 9.98 Å². The molecule has 1 amide bonds. The molecule has 3 heterocycles. The number of rotatable bonds is 3. The molecule has 1 aliphatic heterocycles. The Morgan fingerprint density at radius 3 is 2.90 bits per heavy atom. The predicted octanol–water partition coefficient (Wildman–Crippen LogP) is 3.09. The standard InChI is InChI=1S/C18H16Cl2N6O2S/c1-10-7-26(18(29-10)23-11-3-4-13(19)14(20)5-11)15(27)8-25-9-21-16-12(17(25)28)6-22-24(16)2/h3-6,9-10H,7-8H2,1-2H3.